The second kappa shape index (κ2) is 2.87. The molecule has 2 N–H and O–H groups in total. The highest BCUT2D eigenvalue weighted by atomic mass is 19.1. The molecule has 1 saturated carbocycles. The van der Waals surface area contributed by atoms with Crippen LogP contribution in [-0.2, 0) is 0 Å². The van der Waals surface area contributed by atoms with Gasteiger partial charge in [-0.25, -0.2) is 4.39 Å². The van der Waals surface area contributed by atoms with Crippen molar-refractivity contribution in [2.24, 2.45) is 5.92 Å². The van der Waals surface area contributed by atoms with Gasteiger partial charge in [0, 0.05) is 12.6 Å². The first-order chi connectivity index (χ1) is 6.83. The van der Waals surface area contributed by atoms with E-state index in [1.165, 1.54) is 18.9 Å². The molecule has 1 atom stereocenters. The molecule has 14 heavy (non-hydrogen) atoms. The summed E-state index contributed by atoms with van der Waals surface area (Å²) >= 11 is 0. The zero-order valence-electron chi connectivity index (χ0n) is 7.89. The van der Waals surface area contributed by atoms with Crippen molar-refractivity contribution in [2.45, 2.75) is 18.9 Å². The molecule has 1 aliphatic heterocycles. The lowest BCUT2D eigenvalue weighted by Gasteiger charge is -2.28. The van der Waals surface area contributed by atoms with E-state index in [0.717, 1.165) is 23.8 Å². The molecule has 1 aromatic carbocycles. The summed E-state index contributed by atoms with van der Waals surface area (Å²) in [5.74, 6) is 0.642. The lowest BCUT2D eigenvalue weighted by atomic mass is 10.1. The average molecular weight is 192 g/mol. The molecule has 0 bridgehead atoms. The Hall–Kier alpha value is -1.25. The summed E-state index contributed by atoms with van der Waals surface area (Å²) in [6.07, 6.45) is 2.66. The first kappa shape index (κ1) is 8.09. The van der Waals surface area contributed by atoms with Gasteiger partial charge in [0.15, 0.2) is 0 Å². The van der Waals surface area contributed by atoms with Gasteiger partial charge in [-0.1, -0.05) is 0 Å². The minimum Gasteiger partial charge on any atom is -0.381 e. The fourth-order valence-corrected chi connectivity index (χ4v) is 2.04. The lowest BCUT2D eigenvalue weighted by molar-refractivity contribution is 0.623. The van der Waals surface area contributed by atoms with Gasteiger partial charge in [-0.3, -0.25) is 0 Å². The number of benzene rings is 1. The lowest BCUT2D eigenvalue weighted by Crippen LogP contribution is -2.34. The summed E-state index contributed by atoms with van der Waals surface area (Å²) < 4.78 is 12.9. The molecule has 0 saturated heterocycles. The third-order valence-electron chi connectivity index (χ3n) is 3.03. The Morgan fingerprint density at radius 3 is 2.86 bits per heavy atom. The molecule has 3 heteroatoms. The van der Waals surface area contributed by atoms with Crippen LogP contribution in [-0.4, -0.2) is 12.6 Å². The molecule has 1 heterocycles. The maximum absolute atomic E-state index is 12.9. The van der Waals surface area contributed by atoms with E-state index in [1.807, 2.05) is 6.07 Å². The molecule has 0 aromatic heterocycles. The Kier molecular flexibility index (Phi) is 1.66. The van der Waals surface area contributed by atoms with Crippen LogP contribution in [0.3, 0.4) is 0 Å². The van der Waals surface area contributed by atoms with Crippen molar-refractivity contribution in [3.05, 3.63) is 24.0 Å². The molecule has 2 aliphatic rings. The summed E-state index contributed by atoms with van der Waals surface area (Å²) in [5, 5.41) is 6.73. The van der Waals surface area contributed by atoms with Gasteiger partial charge < -0.3 is 10.6 Å². The third kappa shape index (κ3) is 1.33. The molecule has 74 valence electrons. The fraction of sp³-hybridized carbons (Fsp3) is 0.455. The summed E-state index contributed by atoms with van der Waals surface area (Å²) in [5.41, 5.74) is 1.93. The number of anilines is 2. The molecule has 2 nitrogen and oxygen atoms in total. The average Bonchev–Trinajstić information content (AvgIpc) is 3.00. The summed E-state index contributed by atoms with van der Waals surface area (Å²) in [7, 11) is 0. The Labute approximate surface area is 82.5 Å². The molecule has 1 unspecified atom stereocenters. The number of fused-ring (bicyclic) bond motifs is 1. The highest BCUT2D eigenvalue weighted by Gasteiger charge is 2.33. The maximum Gasteiger partial charge on any atom is 0.125 e. The van der Waals surface area contributed by atoms with E-state index in [4.69, 9.17) is 0 Å². The van der Waals surface area contributed by atoms with E-state index in [-0.39, 0.29) is 5.82 Å². The molecule has 0 amide bonds. The van der Waals surface area contributed by atoms with Gasteiger partial charge >= 0.3 is 0 Å². The smallest absolute Gasteiger partial charge is 0.125 e. The van der Waals surface area contributed by atoms with E-state index in [2.05, 4.69) is 10.6 Å². The minimum absolute atomic E-state index is 0.178. The first-order valence-corrected chi connectivity index (χ1v) is 5.13. The predicted molar refractivity (Wildman–Crippen MR) is 55.0 cm³/mol. The molecule has 3 rings (SSSR count). The molecule has 0 radical (unpaired) electrons. The number of hydrogen-bond acceptors (Lipinski definition) is 2. The fourth-order valence-electron chi connectivity index (χ4n) is 2.04. The van der Waals surface area contributed by atoms with Crippen molar-refractivity contribution < 1.29 is 4.39 Å². The highest BCUT2D eigenvalue weighted by molar-refractivity contribution is 5.71. The second-order valence-corrected chi connectivity index (χ2v) is 4.16. The predicted octanol–water partition coefficient (Wildman–Crippen LogP) is 2.44. The Morgan fingerprint density at radius 1 is 1.21 bits per heavy atom. The van der Waals surface area contributed by atoms with Crippen molar-refractivity contribution in [3.63, 3.8) is 0 Å². The Balaban J connectivity index is 1.86. The van der Waals surface area contributed by atoms with Gasteiger partial charge in [-0.2, -0.15) is 0 Å². The van der Waals surface area contributed by atoms with E-state index in [1.54, 1.807) is 6.07 Å². The van der Waals surface area contributed by atoms with Gasteiger partial charge in [-0.15, -0.1) is 0 Å². The number of nitrogens with one attached hydrogen (secondary N) is 2. The third-order valence-corrected chi connectivity index (χ3v) is 3.03. The van der Waals surface area contributed by atoms with Gasteiger partial charge in [0.25, 0.3) is 0 Å². The number of hydrogen-bond donors (Lipinski definition) is 2. The first-order valence-electron chi connectivity index (χ1n) is 5.13. The van der Waals surface area contributed by atoms with E-state index in [9.17, 15) is 4.39 Å². The van der Waals surface area contributed by atoms with Crippen molar-refractivity contribution in [2.75, 3.05) is 17.2 Å². The Bertz CT molecular complexity index is 360. The van der Waals surface area contributed by atoms with Crippen LogP contribution in [0.5, 0.6) is 0 Å². The van der Waals surface area contributed by atoms with Crippen LogP contribution in [0, 0.1) is 11.7 Å². The summed E-state index contributed by atoms with van der Waals surface area (Å²) in [6, 6.07) is 5.40. The standard InChI is InChI=1S/C11H13FN2/c12-8-3-4-9-10(5-8)13-6-11(14-9)7-1-2-7/h3-5,7,11,13-14H,1-2,6H2. The van der Waals surface area contributed by atoms with Crippen LogP contribution in [0.25, 0.3) is 0 Å². The molecular weight excluding hydrogens is 179 g/mol. The van der Waals surface area contributed by atoms with Crippen LogP contribution >= 0.6 is 0 Å². The molecule has 1 aliphatic carbocycles. The van der Waals surface area contributed by atoms with Crippen LogP contribution in [0.2, 0.25) is 0 Å². The zero-order chi connectivity index (χ0) is 9.54. The van der Waals surface area contributed by atoms with Gasteiger partial charge in [0.1, 0.15) is 5.82 Å². The zero-order valence-corrected chi connectivity index (χ0v) is 7.89. The normalized spacial score (nSPS) is 24.8. The van der Waals surface area contributed by atoms with Gasteiger partial charge in [0.05, 0.1) is 11.4 Å². The SMILES string of the molecule is Fc1ccc2c(c1)NCC(C1CC1)N2. The van der Waals surface area contributed by atoms with E-state index >= 15 is 0 Å². The molecule has 0 spiro atoms. The van der Waals surface area contributed by atoms with Gasteiger partial charge in [-0.05, 0) is 37.0 Å². The van der Waals surface area contributed by atoms with Crippen molar-refractivity contribution in [1.82, 2.24) is 0 Å². The maximum atomic E-state index is 12.9. The monoisotopic (exact) mass is 192 g/mol. The van der Waals surface area contributed by atoms with E-state index in [0.29, 0.717) is 6.04 Å². The molecule has 1 aromatic rings. The molecular formula is C11H13FN2. The highest BCUT2D eigenvalue weighted by Crippen LogP contribution is 2.37. The Morgan fingerprint density at radius 2 is 2.07 bits per heavy atom. The summed E-state index contributed by atoms with van der Waals surface area (Å²) in [6.45, 7) is 0.918. The topological polar surface area (TPSA) is 24.1 Å². The van der Waals surface area contributed by atoms with Crippen molar-refractivity contribution >= 4 is 11.4 Å². The quantitative estimate of drug-likeness (QED) is 0.714. The minimum atomic E-state index is -0.178. The van der Waals surface area contributed by atoms with Crippen LogP contribution in [0.4, 0.5) is 15.8 Å². The number of halogens is 1. The molecule has 1 fully saturated rings. The van der Waals surface area contributed by atoms with Crippen molar-refractivity contribution in [1.29, 1.82) is 0 Å². The van der Waals surface area contributed by atoms with Crippen LogP contribution in [0.15, 0.2) is 18.2 Å². The summed E-state index contributed by atoms with van der Waals surface area (Å²) in [4.78, 5) is 0. The van der Waals surface area contributed by atoms with E-state index < -0.39 is 0 Å². The van der Waals surface area contributed by atoms with Crippen LogP contribution in [0.1, 0.15) is 12.8 Å². The van der Waals surface area contributed by atoms with Crippen LogP contribution < -0.4 is 10.6 Å². The second-order valence-electron chi connectivity index (χ2n) is 4.16. The van der Waals surface area contributed by atoms with Crippen molar-refractivity contribution in [3.8, 4) is 0 Å². The number of rotatable bonds is 1. The van der Waals surface area contributed by atoms with Gasteiger partial charge in [0.2, 0.25) is 0 Å². The largest absolute Gasteiger partial charge is 0.381 e.